The van der Waals surface area contributed by atoms with Crippen molar-refractivity contribution in [3.8, 4) is 0 Å². The van der Waals surface area contributed by atoms with E-state index in [0.29, 0.717) is 18.3 Å². The van der Waals surface area contributed by atoms with E-state index >= 15 is 0 Å². The number of carbonyl (C=O) groups excluding carboxylic acids is 1. The number of thiophene rings is 1. The van der Waals surface area contributed by atoms with Crippen LogP contribution in [0.25, 0.3) is 10.2 Å². The molecule has 6 nitrogen and oxygen atoms in total. The highest BCUT2D eigenvalue weighted by molar-refractivity contribution is 7.99. The zero-order valence-electron chi connectivity index (χ0n) is 15.6. The summed E-state index contributed by atoms with van der Waals surface area (Å²) in [4.78, 5) is 31.9. The molecule has 0 fully saturated rings. The maximum absolute atomic E-state index is 13.1. The number of aromatic nitrogens is 2. The van der Waals surface area contributed by atoms with E-state index in [0.717, 1.165) is 35.0 Å². The summed E-state index contributed by atoms with van der Waals surface area (Å²) >= 11 is 2.85. The van der Waals surface area contributed by atoms with E-state index in [4.69, 9.17) is 14.5 Å². The number of aryl methyl sites for hydroxylation is 2. The minimum Gasteiger partial charge on any atom is -0.459 e. The second kappa shape index (κ2) is 7.70. The number of fused-ring (bicyclic) bond motifs is 3. The lowest BCUT2D eigenvalue weighted by atomic mass is 10.2. The van der Waals surface area contributed by atoms with Crippen LogP contribution in [0.15, 0.2) is 9.95 Å². The average Bonchev–Trinajstić information content (AvgIpc) is 3.10. The highest BCUT2D eigenvalue weighted by Gasteiger charge is 2.24. The van der Waals surface area contributed by atoms with Crippen LogP contribution < -0.4 is 5.56 Å². The van der Waals surface area contributed by atoms with Crippen LogP contribution in [0, 0.1) is 0 Å². The van der Waals surface area contributed by atoms with Crippen LogP contribution >= 0.6 is 23.1 Å². The first-order valence-electron chi connectivity index (χ1n) is 8.69. The molecule has 3 rings (SSSR count). The van der Waals surface area contributed by atoms with Crippen LogP contribution in [0.3, 0.4) is 0 Å². The first-order chi connectivity index (χ1) is 12.3. The standard InChI is InChI=1S/C18H24N2O4S2/c1-18(2,3)24-13(21)10-25-17-19-15-14(11-6-5-7-12(11)26-15)16(22)20(17)8-9-23-4/h5-10H2,1-4H3. The fraction of sp³-hybridized carbons (Fsp3) is 0.611. The topological polar surface area (TPSA) is 70.4 Å². The van der Waals surface area contributed by atoms with E-state index in [-0.39, 0.29) is 17.3 Å². The maximum atomic E-state index is 13.1. The number of esters is 1. The minimum atomic E-state index is -0.528. The third kappa shape index (κ3) is 4.13. The summed E-state index contributed by atoms with van der Waals surface area (Å²) in [6, 6.07) is 0. The Hall–Kier alpha value is -1.38. The molecule has 142 valence electrons. The molecular formula is C18H24N2O4S2. The Morgan fingerprint density at radius 3 is 2.81 bits per heavy atom. The van der Waals surface area contributed by atoms with Crippen molar-refractivity contribution in [1.82, 2.24) is 9.55 Å². The molecule has 1 aliphatic carbocycles. The fourth-order valence-corrected chi connectivity index (χ4v) is 5.14. The first kappa shape index (κ1) is 19.4. The van der Waals surface area contributed by atoms with Gasteiger partial charge in [0.05, 0.1) is 24.3 Å². The number of rotatable bonds is 6. The summed E-state index contributed by atoms with van der Waals surface area (Å²) in [5.74, 6) is -0.198. The number of hydrogen-bond acceptors (Lipinski definition) is 7. The van der Waals surface area contributed by atoms with Gasteiger partial charge in [-0.3, -0.25) is 14.2 Å². The van der Waals surface area contributed by atoms with Crippen LogP contribution in [0.5, 0.6) is 0 Å². The zero-order valence-corrected chi connectivity index (χ0v) is 17.2. The van der Waals surface area contributed by atoms with Crippen molar-refractivity contribution >= 4 is 39.3 Å². The summed E-state index contributed by atoms with van der Waals surface area (Å²) in [6.45, 7) is 6.34. The Morgan fingerprint density at radius 1 is 1.35 bits per heavy atom. The van der Waals surface area contributed by atoms with E-state index in [9.17, 15) is 9.59 Å². The molecule has 0 aliphatic heterocycles. The summed E-state index contributed by atoms with van der Waals surface area (Å²) in [5, 5.41) is 1.30. The van der Waals surface area contributed by atoms with E-state index in [1.54, 1.807) is 23.0 Å². The van der Waals surface area contributed by atoms with Gasteiger partial charge in [0.15, 0.2) is 5.16 Å². The summed E-state index contributed by atoms with van der Waals surface area (Å²) in [5.41, 5.74) is 0.606. The van der Waals surface area contributed by atoms with Crippen LogP contribution in [-0.2, 0) is 33.7 Å². The molecule has 0 spiro atoms. The highest BCUT2D eigenvalue weighted by Crippen LogP contribution is 2.35. The van der Waals surface area contributed by atoms with E-state index in [2.05, 4.69) is 0 Å². The van der Waals surface area contributed by atoms with Gasteiger partial charge in [0.2, 0.25) is 0 Å². The van der Waals surface area contributed by atoms with Crippen LogP contribution in [0.1, 0.15) is 37.6 Å². The smallest absolute Gasteiger partial charge is 0.316 e. The summed E-state index contributed by atoms with van der Waals surface area (Å²) in [6.07, 6.45) is 3.07. The maximum Gasteiger partial charge on any atom is 0.316 e. The third-order valence-corrected chi connectivity index (χ3v) is 6.18. The number of carbonyl (C=O) groups is 1. The van der Waals surface area contributed by atoms with Gasteiger partial charge < -0.3 is 9.47 Å². The molecule has 0 amide bonds. The average molecular weight is 397 g/mol. The van der Waals surface area contributed by atoms with Gasteiger partial charge in [-0.25, -0.2) is 4.98 Å². The molecule has 0 saturated heterocycles. The first-order valence-corrected chi connectivity index (χ1v) is 10.5. The normalized spacial score (nSPS) is 14.0. The molecule has 8 heteroatoms. The van der Waals surface area contributed by atoms with Crippen LogP contribution in [0.2, 0.25) is 0 Å². The summed E-state index contributed by atoms with van der Waals surface area (Å²) in [7, 11) is 1.60. The van der Waals surface area contributed by atoms with Gasteiger partial charge in [0.25, 0.3) is 5.56 Å². The van der Waals surface area contributed by atoms with Crippen LogP contribution in [0.4, 0.5) is 0 Å². The van der Waals surface area contributed by atoms with Crippen molar-refractivity contribution in [3.63, 3.8) is 0 Å². The second-order valence-corrected chi connectivity index (χ2v) is 9.28. The predicted octanol–water partition coefficient (Wildman–Crippen LogP) is 3.03. The van der Waals surface area contributed by atoms with Gasteiger partial charge in [0, 0.05) is 12.0 Å². The van der Waals surface area contributed by atoms with Gasteiger partial charge >= 0.3 is 5.97 Å². The number of nitrogens with zero attached hydrogens (tertiary/aromatic N) is 2. The molecular weight excluding hydrogens is 372 g/mol. The fourth-order valence-electron chi connectivity index (χ4n) is 3.04. The van der Waals surface area contributed by atoms with Gasteiger partial charge in [-0.15, -0.1) is 11.3 Å². The summed E-state index contributed by atoms with van der Waals surface area (Å²) < 4.78 is 12.1. The van der Waals surface area contributed by atoms with Crippen molar-refractivity contribution < 1.29 is 14.3 Å². The SMILES string of the molecule is COCCn1c(SCC(=O)OC(C)(C)C)nc2sc3c(c2c1=O)CCC3. The molecule has 26 heavy (non-hydrogen) atoms. The molecule has 0 aromatic carbocycles. The van der Waals surface area contributed by atoms with Crippen LogP contribution in [-0.4, -0.2) is 40.6 Å². The molecule has 0 atom stereocenters. The van der Waals surface area contributed by atoms with E-state index < -0.39 is 5.60 Å². The van der Waals surface area contributed by atoms with Gasteiger partial charge in [-0.1, -0.05) is 11.8 Å². The number of thioether (sulfide) groups is 1. The molecule has 0 radical (unpaired) electrons. The number of methoxy groups -OCH3 is 1. The molecule has 2 heterocycles. The number of ether oxygens (including phenoxy) is 2. The third-order valence-electron chi connectivity index (χ3n) is 4.05. The van der Waals surface area contributed by atoms with Crippen molar-refractivity contribution in [2.75, 3.05) is 19.5 Å². The lowest BCUT2D eigenvalue weighted by Gasteiger charge is -2.19. The largest absolute Gasteiger partial charge is 0.459 e. The Labute approximate surface area is 160 Å². The van der Waals surface area contributed by atoms with Gasteiger partial charge in [-0.05, 0) is 45.6 Å². The lowest BCUT2D eigenvalue weighted by molar-refractivity contribution is -0.151. The molecule has 1 aliphatic rings. The quantitative estimate of drug-likeness (QED) is 0.425. The van der Waals surface area contributed by atoms with E-state index in [1.807, 2.05) is 20.8 Å². The minimum absolute atomic E-state index is 0.0295. The van der Waals surface area contributed by atoms with Crippen molar-refractivity contribution in [3.05, 3.63) is 20.8 Å². The van der Waals surface area contributed by atoms with E-state index in [1.165, 1.54) is 16.6 Å². The van der Waals surface area contributed by atoms with Gasteiger partial charge in [0.1, 0.15) is 10.4 Å². The predicted molar refractivity (Wildman–Crippen MR) is 104 cm³/mol. The second-order valence-electron chi connectivity index (χ2n) is 7.26. The zero-order chi connectivity index (χ0) is 18.9. The molecule has 0 N–H and O–H groups in total. The molecule has 0 unspecified atom stereocenters. The highest BCUT2D eigenvalue weighted by atomic mass is 32.2. The molecule has 0 bridgehead atoms. The lowest BCUT2D eigenvalue weighted by Crippen LogP contribution is -2.27. The Morgan fingerprint density at radius 2 is 2.12 bits per heavy atom. The van der Waals surface area contributed by atoms with Crippen molar-refractivity contribution in [1.29, 1.82) is 0 Å². The molecule has 0 saturated carbocycles. The van der Waals surface area contributed by atoms with Crippen molar-refractivity contribution in [2.45, 2.75) is 57.3 Å². The Balaban J connectivity index is 1.93. The Kier molecular flexibility index (Phi) is 5.74. The monoisotopic (exact) mass is 396 g/mol. The Bertz CT molecular complexity index is 880. The van der Waals surface area contributed by atoms with Gasteiger partial charge in [-0.2, -0.15) is 0 Å². The molecule has 2 aromatic heterocycles. The molecule has 2 aromatic rings. The van der Waals surface area contributed by atoms with Crippen molar-refractivity contribution in [2.24, 2.45) is 0 Å². The number of hydrogen-bond donors (Lipinski definition) is 0.